The Labute approximate surface area is 86.8 Å². The van der Waals surface area contributed by atoms with E-state index in [-0.39, 0.29) is 0 Å². The molecular weight excluding hydrogens is 174 g/mol. The van der Waals surface area contributed by atoms with Crippen LogP contribution in [0.1, 0.15) is 19.4 Å². The molecule has 0 saturated carbocycles. The maximum atomic E-state index is 4.82. The first-order valence-corrected chi connectivity index (χ1v) is 4.65. The molecule has 0 spiro atoms. The second kappa shape index (κ2) is 14.1. The zero-order valence-corrected chi connectivity index (χ0v) is 9.20. The summed E-state index contributed by atoms with van der Waals surface area (Å²) in [6.45, 7) is 6.08. The fraction of sp³-hybridized carbons (Fsp3) is 0.273. The quantitative estimate of drug-likeness (QED) is 0.473. The number of nitrogens with one attached hydrogen (secondary N) is 1. The van der Waals surface area contributed by atoms with Crippen LogP contribution in [-0.2, 0) is 0 Å². The van der Waals surface area contributed by atoms with Crippen molar-refractivity contribution in [1.82, 2.24) is 5.43 Å². The van der Waals surface area contributed by atoms with E-state index in [0.717, 1.165) is 0 Å². The van der Waals surface area contributed by atoms with Gasteiger partial charge in [-0.1, -0.05) is 49.7 Å². The third-order valence-electron chi connectivity index (χ3n) is 1.13. The molecule has 0 fully saturated rings. The lowest BCUT2D eigenvalue weighted by molar-refractivity contribution is 0.963. The normalized spacial score (nSPS) is 8.00. The Morgan fingerprint density at radius 2 is 1.64 bits per heavy atom. The van der Waals surface area contributed by atoms with Gasteiger partial charge in [-0.3, -0.25) is 5.84 Å². The Balaban J connectivity index is 0. The molecule has 0 unspecified atom stereocenters. The molecule has 0 aliphatic rings. The van der Waals surface area contributed by atoms with Gasteiger partial charge in [0.15, 0.2) is 0 Å². The van der Waals surface area contributed by atoms with E-state index in [1.807, 2.05) is 32.0 Å². The minimum atomic E-state index is 1.32. The lowest BCUT2D eigenvalue weighted by Gasteiger charge is -1.82. The van der Waals surface area contributed by atoms with E-state index < -0.39 is 0 Å². The van der Waals surface area contributed by atoms with E-state index in [9.17, 15) is 0 Å². The largest absolute Gasteiger partial charge is 0.403 e. The van der Waals surface area contributed by atoms with E-state index in [1.165, 1.54) is 18.0 Å². The molecular formula is C11H21N3. The molecule has 1 aromatic carbocycles. The van der Waals surface area contributed by atoms with Crippen molar-refractivity contribution in [3.8, 4) is 0 Å². The van der Waals surface area contributed by atoms with Gasteiger partial charge < -0.3 is 11.2 Å². The lowest BCUT2D eigenvalue weighted by atomic mass is 10.2. The highest BCUT2D eigenvalue weighted by molar-refractivity contribution is 5.11. The van der Waals surface area contributed by atoms with Gasteiger partial charge in [-0.25, -0.2) is 0 Å². The van der Waals surface area contributed by atoms with Crippen LogP contribution in [-0.4, -0.2) is 0 Å². The van der Waals surface area contributed by atoms with Crippen molar-refractivity contribution in [2.45, 2.75) is 20.8 Å². The van der Waals surface area contributed by atoms with Gasteiger partial charge in [0, 0.05) is 12.4 Å². The average Bonchev–Trinajstić information content (AvgIpc) is 2.24. The number of hydrazine groups is 1. The van der Waals surface area contributed by atoms with Crippen molar-refractivity contribution in [2.24, 2.45) is 11.6 Å². The second-order valence-electron chi connectivity index (χ2n) is 2.18. The first-order chi connectivity index (χ1) is 6.81. The molecule has 0 bridgehead atoms. The smallest absolute Gasteiger partial charge is 0.0278 e. The van der Waals surface area contributed by atoms with Crippen LogP contribution in [0, 0.1) is 6.92 Å². The molecule has 0 aliphatic heterocycles. The van der Waals surface area contributed by atoms with Gasteiger partial charge in [-0.15, -0.1) is 0 Å². The summed E-state index contributed by atoms with van der Waals surface area (Å²) < 4.78 is 0. The third-order valence-corrected chi connectivity index (χ3v) is 1.13. The van der Waals surface area contributed by atoms with Gasteiger partial charge in [0.05, 0.1) is 0 Å². The van der Waals surface area contributed by atoms with Crippen LogP contribution in [0.4, 0.5) is 0 Å². The average molecular weight is 195 g/mol. The molecule has 0 saturated heterocycles. The molecule has 0 aromatic heterocycles. The monoisotopic (exact) mass is 195 g/mol. The first-order valence-electron chi connectivity index (χ1n) is 4.65. The van der Waals surface area contributed by atoms with Crippen LogP contribution < -0.4 is 17.0 Å². The molecule has 3 heteroatoms. The van der Waals surface area contributed by atoms with Gasteiger partial charge in [-0.2, -0.15) is 0 Å². The van der Waals surface area contributed by atoms with Crippen molar-refractivity contribution < 1.29 is 0 Å². The molecule has 0 amide bonds. The minimum absolute atomic E-state index is 1.32. The highest BCUT2D eigenvalue weighted by atomic mass is 15.2. The molecule has 5 N–H and O–H groups in total. The number of aryl methyl sites for hydroxylation is 1. The summed E-state index contributed by atoms with van der Waals surface area (Å²) >= 11 is 0. The highest BCUT2D eigenvalue weighted by Gasteiger charge is 1.72. The highest BCUT2D eigenvalue weighted by Crippen LogP contribution is 1.92. The minimum Gasteiger partial charge on any atom is -0.403 e. The molecule has 0 aliphatic carbocycles. The van der Waals surface area contributed by atoms with Crippen molar-refractivity contribution in [3.63, 3.8) is 0 Å². The Bertz CT molecular complexity index is 207. The SMILES string of the molecule is CC.Cc1ccccc1.N/C=C\NN. The Morgan fingerprint density at radius 1 is 1.14 bits per heavy atom. The summed E-state index contributed by atoms with van der Waals surface area (Å²) in [4.78, 5) is 0. The van der Waals surface area contributed by atoms with Crippen molar-refractivity contribution in [1.29, 1.82) is 0 Å². The van der Waals surface area contributed by atoms with Crippen molar-refractivity contribution in [2.75, 3.05) is 0 Å². The molecule has 14 heavy (non-hydrogen) atoms. The van der Waals surface area contributed by atoms with Crippen LogP contribution in [0.5, 0.6) is 0 Å². The summed E-state index contributed by atoms with van der Waals surface area (Å²) in [5, 5.41) is 0. The summed E-state index contributed by atoms with van der Waals surface area (Å²) in [7, 11) is 0. The van der Waals surface area contributed by atoms with Crippen LogP contribution in [0.3, 0.4) is 0 Å². The summed E-state index contributed by atoms with van der Waals surface area (Å²) in [5.74, 6) is 4.72. The van der Waals surface area contributed by atoms with E-state index in [4.69, 9.17) is 11.6 Å². The summed E-state index contributed by atoms with van der Waals surface area (Å²) in [5.41, 5.74) is 8.35. The maximum Gasteiger partial charge on any atom is 0.0278 e. The molecule has 0 heterocycles. The number of hydrogen-bond acceptors (Lipinski definition) is 3. The van der Waals surface area contributed by atoms with Gasteiger partial charge in [-0.05, 0) is 6.92 Å². The van der Waals surface area contributed by atoms with E-state index in [0.29, 0.717) is 0 Å². The van der Waals surface area contributed by atoms with Crippen LogP contribution in [0.25, 0.3) is 0 Å². The third kappa shape index (κ3) is 13.1. The van der Waals surface area contributed by atoms with Crippen molar-refractivity contribution >= 4 is 0 Å². The zero-order valence-electron chi connectivity index (χ0n) is 9.20. The standard InChI is InChI=1S/C7H8.C2H7N3.C2H6/c1-7-5-3-2-4-6-7;3-1-2-5-4;1-2/h2-6H,1H3;1-2,5H,3-4H2;1-2H3/b;2-1-;. The van der Waals surface area contributed by atoms with Gasteiger partial charge in [0.2, 0.25) is 0 Å². The number of benzene rings is 1. The second-order valence-corrected chi connectivity index (χ2v) is 2.18. The number of nitrogens with two attached hydrogens (primary N) is 2. The molecule has 0 radical (unpaired) electrons. The predicted molar refractivity (Wildman–Crippen MR) is 63.2 cm³/mol. The first kappa shape index (κ1) is 15.0. The Morgan fingerprint density at radius 3 is 1.79 bits per heavy atom. The van der Waals surface area contributed by atoms with Crippen LogP contribution >= 0.6 is 0 Å². The van der Waals surface area contributed by atoms with E-state index >= 15 is 0 Å². The summed E-state index contributed by atoms with van der Waals surface area (Å²) in [6.07, 6.45) is 2.75. The zero-order chi connectivity index (χ0) is 11.2. The summed E-state index contributed by atoms with van der Waals surface area (Å²) in [6, 6.07) is 10.3. The lowest BCUT2D eigenvalue weighted by Crippen LogP contribution is -2.13. The number of hydrogen-bond donors (Lipinski definition) is 3. The van der Waals surface area contributed by atoms with E-state index in [2.05, 4.69) is 24.5 Å². The van der Waals surface area contributed by atoms with Gasteiger partial charge >= 0.3 is 0 Å². The number of rotatable bonds is 1. The van der Waals surface area contributed by atoms with Crippen LogP contribution in [0.15, 0.2) is 42.7 Å². The Kier molecular flexibility index (Phi) is 15.1. The van der Waals surface area contributed by atoms with Gasteiger partial charge in [0.25, 0.3) is 0 Å². The topological polar surface area (TPSA) is 64.1 Å². The fourth-order valence-electron chi connectivity index (χ4n) is 0.590. The van der Waals surface area contributed by atoms with Gasteiger partial charge in [0.1, 0.15) is 0 Å². The molecule has 0 atom stereocenters. The molecule has 1 aromatic rings. The van der Waals surface area contributed by atoms with Crippen molar-refractivity contribution in [3.05, 3.63) is 48.3 Å². The maximum absolute atomic E-state index is 4.82. The van der Waals surface area contributed by atoms with Crippen LogP contribution in [0.2, 0.25) is 0 Å². The molecule has 80 valence electrons. The Hall–Kier alpha value is -1.48. The van der Waals surface area contributed by atoms with E-state index in [1.54, 1.807) is 0 Å². The molecule has 3 nitrogen and oxygen atoms in total. The predicted octanol–water partition coefficient (Wildman–Crippen LogP) is 1.90. The molecule has 1 rings (SSSR count). The fourth-order valence-corrected chi connectivity index (χ4v) is 0.590.